The van der Waals surface area contributed by atoms with Gasteiger partial charge in [0.1, 0.15) is 11.4 Å². The topological polar surface area (TPSA) is 106 Å². The number of H-pyrrole nitrogens is 1. The van der Waals surface area contributed by atoms with E-state index in [4.69, 9.17) is 9.47 Å². The van der Waals surface area contributed by atoms with Gasteiger partial charge in [0.05, 0.1) is 19.4 Å². The first-order valence-electron chi connectivity index (χ1n) is 7.74. The molecule has 0 aliphatic heterocycles. The maximum absolute atomic E-state index is 12.3. The number of methoxy groups -OCH3 is 1. The molecule has 0 radical (unpaired) electrons. The molecule has 2 N–H and O–H groups in total. The maximum Gasteiger partial charge on any atom is 0.357 e. The van der Waals surface area contributed by atoms with Crippen LogP contribution >= 0.6 is 11.3 Å². The molecule has 1 amide bonds. The van der Waals surface area contributed by atoms with E-state index in [2.05, 4.69) is 20.5 Å². The van der Waals surface area contributed by atoms with Gasteiger partial charge in [-0.3, -0.25) is 15.2 Å². The van der Waals surface area contributed by atoms with Crippen molar-refractivity contribution in [3.05, 3.63) is 47.1 Å². The van der Waals surface area contributed by atoms with Gasteiger partial charge in [0.25, 0.3) is 5.91 Å². The fraction of sp³-hybridized carbons (Fsp3) is 0.176. The molecule has 26 heavy (non-hydrogen) atoms. The Labute approximate surface area is 153 Å². The second-order valence-electron chi connectivity index (χ2n) is 5.11. The minimum absolute atomic E-state index is 0.161. The number of ether oxygens (including phenoxy) is 2. The quantitative estimate of drug-likeness (QED) is 0.644. The van der Waals surface area contributed by atoms with Gasteiger partial charge < -0.3 is 9.47 Å². The molecule has 1 aromatic carbocycles. The van der Waals surface area contributed by atoms with Crippen LogP contribution in [0.1, 0.15) is 27.9 Å². The molecule has 0 bridgehead atoms. The average molecular weight is 372 g/mol. The van der Waals surface area contributed by atoms with E-state index in [1.165, 1.54) is 5.38 Å². The third-order valence-corrected chi connectivity index (χ3v) is 4.15. The number of esters is 1. The number of thiazole rings is 1. The van der Waals surface area contributed by atoms with Crippen LogP contribution in [-0.2, 0) is 4.74 Å². The second-order valence-corrected chi connectivity index (χ2v) is 5.97. The van der Waals surface area contributed by atoms with Crippen molar-refractivity contribution in [2.24, 2.45) is 0 Å². The van der Waals surface area contributed by atoms with E-state index < -0.39 is 11.9 Å². The minimum Gasteiger partial charge on any atom is -0.497 e. The monoisotopic (exact) mass is 372 g/mol. The summed E-state index contributed by atoms with van der Waals surface area (Å²) in [6.07, 6.45) is 0. The zero-order valence-electron chi connectivity index (χ0n) is 14.1. The van der Waals surface area contributed by atoms with Crippen molar-refractivity contribution in [3.63, 3.8) is 0 Å². The summed E-state index contributed by atoms with van der Waals surface area (Å²) in [5, 5.41) is 11.3. The van der Waals surface area contributed by atoms with E-state index in [1.54, 1.807) is 20.1 Å². The number of aromatic amines is 1. The van der Waals surface area contributed by atoms with E-state index in [1.807, 2.05) is 24.3 Å². The van der Waals surface area contributed by atoms with Gasteiger partial charge in [-0.25, -0.2) is 9.78 Å². The van der Waals surface area contributed by atoms with Crippen LogP contribution < -0.4 is 10.1 Å². The maximum atomic E-state index is 12.3. The molecular formula is C17H16N4O4S. The Bertz CT molecular complexity index is 934. The Kier molecular flexibility index (Phi) is 5.28. The summed E-state index contributed by atoms with van der Waals surface area (Å²) in [6.45, 7) is 1.98. The number of benzene rings is 1. The van der Waals surface area contributed by atoms with Crippen molar-refractivity contribution >= 4 is 28.3 Å². The van der Waals surface area contributed by atoms with Crippen molar-refractivity contribution in [3.8, 4) is 17.0 Å². The van der Waals surface area contributed by atoms with E-state index in [-0.39, 0.29) is 18.0 Å². The molecule has 3 rings (SSSR count). The summed E-state index contributed by atoms with van der Waals surface area (Å²) in [5.74, 6) is -0.228. The fourth-order valence-electron chi connectivity index (χ4n) is 2.16. The molecule has 0 aliphatic rings. The van der Waals surface area contributed by atoms with Crippen LogP contribution in [0.5, 0.6) is 5.75 Å². The van der Waals surface area contributed by atoms with Crippen molar-refractivity contribution < 1.29 is 19.1 Å². The third-order valence-electron chi connectivity index (χ3n) is 3.40. The molecule has 3 aromatic rings. The van der Waals surface area contributed by atoms with E-state index >= 15 is 0 Å². The molecule has 8 nitrogen and oxygen atoms in total. The van der Waals surface area contributed by atoms with Crippen molar-refractivity contribution in [2.75, 3.05) is 19.0 Å². The van der Waals surface area contributed by atoms with Gasteiger partial charge in [-0.05, 0) is 25.1 Å². The highest BCUT2D eigenvalue weighted by Crippen LogP contribution is 2.23. The number of carbonyl (C=O) groups is 2. The number of nitrogens with one attached hydrogen (secondary N) is 2. The van der Waals surface area contributed by atoms with Crippen LogP contribution in [0.25, 0.3) is 11.3 Å². The first-order chi connectivity index (χ1) is 12.6. The lowest BCUT2D eigenvalue weighted by molar-refractivity contribution is 0.0520. The highest BCUT2D eigenvalue weighted by Gasteiger charge is 2.16. The minimum atomic E-state index is -0.522. The molecular weight excluding hydrogens is 356 g/mol. The predicted molar refractivity (Wildman–Crippen MR) is 96.6 cm³/mol. The van der Waals surface area contributed by atoms with Gasteiger partial charge in [-0.2, -0.15) is 5.10 Å². The predicted octanol–water partition coefficient (Wildman–Crippen LogP) is 2.97. The lowest BCUT2D eigenvalue weighted by atomic mass is 10.1. The van der Waals surface area contributed by atoms with Gasteiger partial charge in [0, 0.05) is 10.9 Å². The molecule has 0 aliphatic carbocycles. The number of aromatic nitrogens is 3. The van der Waals surface area contributed by atoms with Crippen LogP contribution in [0.3, 0.4) is 0 Å². The summed E-state index contributed by atoms with van der Waals surface area (Å²) < 4.78 is 10.1. The lowest BCUT2D eigenvalue weighted by Gasteiger charge is -2.01. The van der Waals surface area contributed by atoms with Crippen molar-refractivity contribution in [1.29, 1.82) is 0 Å². The Morgan fingerprint density at radius 3 is 2.92 bits per heavy atom. The Morgan fingerprint density at radius 2 is 2.15 bits per heavy atom. The second kappa shape index (κ2) is 7.79. The van der Waals surface area contributed by atoms with Gasteiger partial charge in [-0.15, -0.1) is 11.3 Å². The zero-order valence-corrected chi connectivity index (χ0v) is 14.9. The molecule has 0 unspecified atom stereocenters. The number of rotatable bonds is 6. The number of carbonyl (C=O) groups excluding carboxylic acids is 2. The van der Waals surface area contributed by atoms with Crippen LogP contribution in [0.4, 0.5) is 5.13 Å². The number of hydrogen-bond donors (Lipinski definition) is 2. The molecule has 0 saturated heterocycles. The first-order valence-corrected chi connectivity index (χ1v) is 8.62. The van der Waals surface area contributed by atoms with Crippen LogP contribution in [-0.4, -0.2) is 40.8 Å². The number of anilines is 1. The Balaban J connectivity index is 1.71. The van der Waals surface area contributed by atoms with Crippen molar-refractivity contribution in [2.45, 2.75) is 6.92 Å². The van der Waals surface area contributed by atoms with Gasteiger partial charge in [0.2, 0.25) is 0 Å². The normalized spacial score (nSPS) is 10.4. The Morgan fingerprint density at radius 1 is 1.31 bits per heavy atom. The van der Waals surface area contributed by atoms with Gasteiger partial charge in [0.15, 0.2) is 10.8 Å². The van der Waals surface area contributed by atoms with Gasteiger partial charge in [-0.1, -0.05) is 12.1 Å². The molecule has 0 spiro atoms. The summed E-state index contributed by atoms with van der Waals surface area (Å²) >= 11 is 1.14. The fourth-order valence-corrected chi connectivity index (χ4v) is 2.84. The largest absolute Gasteiger partial charge is 0.497 e. The molecule has 2 heterocycles. The molecule has 9 heteroatoms. The molecule has 0 fully saturated rings. The molecule has 2 aromatic heterocycles. The highest BCUT2D eigenvalue weighted by molar-refractivity contribution is 7.14. The average Bonchev–Trinajstić information content (AvgIpc) is 3.32. The third kappa shape index (κ3) is 3.89. The first kappa shape index (κ1) is 17.6. The number of nitrogens with zero attached hydrogens (tertiary/aromatic N) is 2. The van der Waals surface area contributed by atoms with Crippen LogP contribution in [0.2, 0.25) is 0 Å². The smallest absolute Gasteiger partial charge is 0.357 e. The van der Waals surface area contributed by atoms with Crippen LogP contribution in [0.15, 0.2) is 35.7 Å². The number of amides is 1. The summed E-state index contributed by atoms with van der Waals surface area (Å²) in [6, 6.07) is 8.99. The highest BCUT2D eigenvalue weighted by atomic mass is 32.1. The molecule has 134 valence electrons. The van der Waals surface area contributed by atoms with Crippen molar-refractivity contribution in [1.82, 2.24) is 15.2 Å². The standard InChI is InChI=1S/C17H16N4O4S/c1-3-25-16(23)14-9-26-17(18-14)19-15(22)13-8-12(20-21-13)10-5-4-6-11(7-10)24-2/h4-9H,3H2,1-2H3,(H,20,21)(H,18,19,22). The summed E-state index contributed by atoms with van der Waals surface area (Å²) in [4.78, 5) is 28.0. The van der Waals surface area contributed by atoms with E-state index in [0.29, 0.717) is 16.6 Å². The van der Waals surface area contributed by atoms with E-state index in [9.17, 15) is 9.59 Å². The lowest BCUT2D eigenvalue weighted by Crippen LogP contribution is -2.12. The summed E-state index contributed by atoms with van der Waals surface area (Å²) in [7, 11) is 1.58. The van der Waals surface area contributed by atoms with Gasteiger partial charge >= 0.3 is 5.97 Å². The molecule has 0 atom stereocenters. The zero-order chi connectivity index (χ0) is 18.5. The SMILES string of the molecule is CCOC(=O)c1csc(NC(=O)c2cc(-c3cccc(OC)c3)n[nH]2)n1. The Hall–Kier alpha value is -3.20. The summed E-state index contributed by atoms with van der Waals surface area (Å²) in [5.41, 5.74) is 1.86. The molecule has 0 saturated carbocycles. The number of hydrogen-bond acceptors (Lipinski definition) is 7. The van der Waals surface area contributed by atoms with Crippen LogP contribution in [0, 0.1) is 0 Å². The van der Waals surface area contributed by atoms with E-state index in [0.717, 1.165) is 16.9 Å².